The highest BCUT2D eigenvalue weighted by atomic mass is 32.2. The van der Waals surface area contributed by atoms with Crippen molar-refractivity contribution in [3.8, 4) is 0 Å². The summed E-state index contributed by atoms with van der Waals surface area (Å²) in [5.41, 5.74) is 5.74. The Hall–Kier alpha value is 0.110. The van der Waals surface area contributed by atoms with Gasteiger partial charge in [0.15, 0.2) is 0 Å². The summed E-state index contributed by atoms with van der Waals surface area (Å²) in [7, 11) is -0.646. The Kier molecular flexibility index (Phi) is 5.10. The fourth-order valence-electron chi connectivity index (χ4n) is 2.45. The summed E-state index contributed by atoms with van der Waals surface area (Å²) >= 11 is 0. The van der Waals surface area contributed by atoms with E-state index in [4.69, 9.17) is 5.73 Å². The van der Waals surface area contributed by atoms with E-state index in [1.807, 2.05) is 6.92 Å². The maximum atomic E-state index is 11.9. The third-order valence-electron chi connectivity index (χ3n) is 3.54. The second-order valence-corrected chi connectivity index (χ2v) is 6.24. The number of hydrogen-bond acceptors (Lipinski definition) is 2. The van der Waals surface area contributed by atoms with Crippen molar-refractivity contribution in [1.82, 2.24) is 0 Å². The van der Waals surface area contributed by atoms with E-state index in [2.05, 4.69) is 6.92 Å². The first-order chi connectivity index (χ1) is 6.72. The first kappa shape index (κ1) is 12.2. The smallest absolute Gasteiger partial charge is 0.0390 e. The highest BCUT2D eigenvalue weighted by Crippen LogP contribution is 2.33. The maximum Gasteiger partial charge on any atom is 0.0390 e. The average Bonchev–Trinajstić information content (AvgIpc) is 2.27. The zero-order valence-electron chi connectivity index (χ0n) is 9.37. The molecule has 2 N–H and O–H groups in total. The van der Waals surface area contributed by atoms with Gasteiger partial charge in [0.25, 0.3) is 0 Å². The van der Waals surface area contributed by atoms with E-state index < -0.39 is 10.8 Å². The average molecular weight is 217 g/mol. The van der Waals surface area contributed by atoms with Crippen LogP contribution in [0.5, 0.6) is 0 Å². The predicted octanol–water partition coefficient (Wildman–Crippen LogP) is 1.91. The van der Waals surface area contributed by atoms with Crippen molar-refractivity contribution >= 4 is 10.8 Å². The van der Waals surface area contributed by atoms with Crippen molar-refractivity contribution in [1.29, 1.82) is 0 Å². The fourth-order valence-corrected chi connectivity index (χ4v) is 4.04. The molecule has 0 aromatic heterocycles. The third kappa shape index (κ3) is 2.80. The molecule has 0 aromatic rings. The van der Waals surface area contributed by atoms with Gasteiger partial charge in [0.05, 0.1) is 0 Å². The molecule has 14 heavy (non-hydrogen) atoms. The van der Waals surface area contributed by atoms with E-state index in [9.17, 15) is 4.21 Å². The zero-order valence-corrected chi connectivity index (χ0v) is 10.2. The molecule has 84 valence electrons. The molecular weight excluding hydrogens is 194 g/mol. The van der Waals surface area contributed by atoms with Crippen LogP contribution < -0.4 is 5.73 Å². The molecule has 2 nitrogen and oxygen atoms in total. The van der Waals surface area contributed by atoms with Crippen molar-refractivity contribution in [2.24, 2.45) is 17.6 Å². The molecule has 0 aromatic carbocycles. The second kappa shape index (κ2) is 5.86. The normalized spacial score (nSPS) is 35.5. The van der Waals surface area contributed by atoms with Crippen molar-refractivity contribution in [2.75, 3.05) is 12.3 Å². The Morgan fingerprint density at radius 1 is 1.36 bits per heavy atom. The van der Waals surface area contributed by atoms with Gasteiger partial charge in [-0.05, 0) is 31.2 Å². The molecule has 0 bridgehead atoms. The van der Waals surface area contributed by atoms with E-state index in [0.29, 0.717) is 17.7 Å². The first-order valence-electron chi connectivity index (χ1n) is 5.80. The SMILES string of the molecule is CCC1CCC(CN)C(S(=O)CC)C1. The summed E-state index contributed by atoms with van der Waals surface area (Å²) in [4.78, 5) is 0. The molecule has 1 rings (SSSR count). The Balaban J connectivity index is 2.60. The molecule has 4 atom stereocenters. The van der Waals surface area contributed by atoms with E-state index in [0.717, 1.165) is 18.1 Å². The zero-order chi connectivity index (χ0) is 10.6. The van der Waals surface area contributed by atoms with Gasteiger partial charge in [0.1, 0.15) is 0 Å². The van der Waals surface area contributed by atoms with Crippen LogP contribution in [0.25, 0.3) is 0 Å². The Bertz CT molecular complexity index is 196. The minimum absolute atomic E-state index is 0.378. The van der Waals surface area contributed by atoms with Crippen molar-refractivity contribution in [3.63, 3.8) is 0 Å². The van der Waals surface area contributed by atoms with Crippen LogP contribution in [0.2, 0.25) is 0 Å². The van der Waals surface area contributed by atoms with Gasteiger partial charge in [-0.1, -0.05) is 26.7 Å². The van der Waals surface area contributed by atoms with Crippen LogP contribution in [0.4, 0.5) is 0 Å². The molecule has 1 aliphatic carbocycles. The lowest BCUT2D eigenvalue weighted by Gasteiger charge is -2.34. The lowest BCUT2D eigenvalue weighted by Crippen LogP contribution is -2.37. The quantitative estimate of drug-likeness (QED) is 0.781. The van der Waals surface area contributed by atoms with Gasteiger partial charge in [-0.3, -0.25) is 4.21 Å². The summed E-state index contributed by atoms with van der Waals surface area (Å²) in [5.74, 6) is 2.09. The Labute approximate surface area is 90.1 Å². The van der Waals surface area contributed by atoms with Gasteiger partial charge in [-0.15, -0.1) is 0 Å². The monoisotopic (exact) mass is 217 g/mol. The highest BCUT2D eigenvalue weighted by Gasteiger charge is 2.31. The Morgan fingerprint density at radius 3 is 2.57 bits per heavy atom. The predicted molar refractivity (Wildman–Crippen MR) is 62.6 cm³/mol. The van der Waals surface area contributed by atoms with Gasteiger partial charge >= 0.3 is 0 Å². The first-order valence-corrected chi connectivity index (χ1v) is 7.18. The van der Waals surface area contributed by atoms with E-state index in [-0.39, 0.29) is 0 Å². The maximum absolute atomic E-state index is 11.9. The molecule has 4 unspecified atom stereocenters. The van der Waals surface area contributed by atoms with Crippen LogP contribution in [0.3, 0.4) is 0 Å². The molecule has 0 saturated heterocycles. The van der Waals surface area contributed by atoms with Crippen LogP contribution in [-0.2, 0) is 10.8 Å². The highest BCUT2D eigenvalue weighted by molar-refractivity contribution is 7.85. The van der Waals surface area contributed by atoms with Gasteiger partial charge in [0.2, 0.25) is 0 Å². The molecule has 3 heteroatoms. The van der Waals surface area contributed by atoms with E-state index in [1.165, 1.54) is 19.3 Å². The van der Waals surface area contributed by atoms with Crippen LogP contribution in [-0.4, -0.2) is 21.8 Å². The molecule has 0 radical (unpaired) electrons. The van der Waals surface area contributed by atoms with Gasteiger partial charge in [-0.25, -0.2) is 0 Å². The summed E-state index contributed by atoms with van der Waals surface area (Å²) in [6.07, 6.45) is 4.84. The third-order valence-corrected chi connectivity index (χ3v) is 5.36. The summed E-state index contributed by atoms with van der Waals surface area (Å²) < 4.78 is 11.9. The fraction of sp³-hybridized carbons (Fsp3) is 1.00. The Morgan fingerprint density at radius 2 is 2.07 bits per heavy atom. The van der Waals surface area contributed by atoms with Gasteiger partial charge in [0, 0.05) is 21.8 Å². The van der Waals surface area contributed by atoms with Crippen LogP contribution in [0.15, 0.2) is 0 Å². The molecule has 0 heterocycles. The molecule has 0 amide bonds. The van der Waals surface area contributed by atoms with Crippen LogP contribution in [0, 0.1) is 11.8 Å². The van der Waals surface area contributed by atoms with E-state index in [1.54, 1.807) is 0 Å². The number of rotatable bonds is 4. The standard InChI is InChI=1S/C11H23NOS/c1-3-9-5-6-10(8-12)11(7-9)14(13)4-2/h9-11H,3-8,12H2,1-2H3. The van der Waals surface area contributed by atoms with Crippen molar-refractivity contribution < 1.29 is 4.21 Å². The minimum Gasteiger partial charge on any atom is -0.330 e. The summed E-state index contributed by atoms with van der Waals surface area (Å²) in [6.45, 7) is 4.96. The summed E-state index contributed by atoms with van der Waals surface area (Å²) in [5, 5.41) is 0.378. The van der Waals surface area contributed by atoms with E-state index >= 15 is 0 Å². The molecule has 0 spiro atoms. The lowest BCUT2D eigenvalue weighted by molar-refractivity contribution is 0.280. The van der Waals surface area contributed by atoms with Crippen molar-refractivity contribution in [3.05, 3.63) is 0 Å². The molecule has 1 aliphatic rings. The van der Waals surface area contributed by atoms with Gasteiger partial charge in [-0.2, -0.15) is 0 Å². The largest absolute Gasteiger partial charge is 0.330 e. The van der Waals surface area contributed by atoms with Crippen molar-refractivity contribution in [2.45, 2.75) is 44.8 Å². The number of nitrogens with two attached hydrogens (primary N) is 1. The second-order valence-electron chi connectivity index (χ2n) is 4.29. The molecule has 1 saturated carbocycles. The number of hydrogen-bond donors (Lipinski definition) is 1. The van der Waals surface area contributed by atoms with Crippen LogP contribution in [0.1, 0.15) is 39.5 Å². The topological polar surface area (TPSA) is 43.1 Å². The molecule has 0 aliphatic heterocycles. The van der Waals surface area contributed by atoms with Crippen LogP contribution >= 0.6 is 0 Å². The molecule has 1 fully saturated rings. The minimum atomic E-state index is -0.646. The van der Waals surface area contributed by atoms with Gasteiger partial charge < -0.3 is 5.73 Å². The lowest BCUT2D eigenvalue weighted by atomic mass is 9.80. The summed E-state index contributed by atoms with van der Waals surface area (Å²) in [6, 6.07) is 0. The molecular formula is C11H23NOS.